The molecule has 258 valence electrons. The molecule has 12 aromatic rings. The van der Waals surface area contributed by atoms with Crippen LogP contribution in [0.3, 0.4) is 0 Å². The van der Waals surface area contributed by atoms with E-state index in [0.717, 1.165) is 77.4 Å². The smallest absolute Gasteiger partial charge is 0.135 e. The van der Waals surface area contributed by atoms with Gasteiger partial charge in [-0.25, -0.2) is 0 Å². The Morgan fingerprint density at radius 1 is 0.321 bits per heavy atom. The van der Waals surface area contributed by atoms with Gasteiger partial charge in [0.05, 0.1) is 56.4 Å². The average molecular weight is 714 g/mol. The van der Waals surface area contributed by atoms with Gasteiger partial charge in [0.15, 0.2) is 0 Å². The van der Waals surface area contributed by atoms with Crippen molar-refractivity contribution in [3.8, 4) is 29.2 Å². The molecule has 0 radical (unpaired) electrons. The topological polar surface area (TPSA) is 75.5 Å². The van der Waals surface area contributed by atoms with E-state index in [2.05, 4.69) is 147 Å². The van der Waals surface area contributed by atoms with Crippen LogP contribution in [0.5, 0.6) is 0 Å². The predicted molar refractivity (Wildman–Crippen MR) is 226 cm³/mol. The molecule has 6 heteroatoms. The number of furan rings is 1. The fourth-order valence-corrected chi connectivity index (χ4v) is 9.04. The number of para-hydroxylation sites is 3. The summed E-state index contributed by atoms with van der Waals surface area (Å²) in [7, 11) is 0. The monoisotopic (exact) mass is 713 g/mol. The van der Waals surface area contributed by atoms with Gasteiger partial charge in [0.2, 0.25) is 0 Å². The maximum atomic E-state index is 9.71. The minimum absolute atomic E-state index is 0.579. The zero-order chi connectivity index (χ0) is 37.1. The minimum atomic E-state index is 0.579. The van der Waals surface area contributed by atoms with Gasteiger partial charge in [-0.15, -0.1) is 0 Å². The molecule has 0 saturated heterocycles. The first-order chi connectivity index (χ1) is 27.7. The Balaban J connectivity index is 1.11. The van der Waals surface area contributed by atoms with E-state index in [0.29, 0.717) is 11.1 Å². The Kier molecular flexibility index (Phi) is 6.10. The van der Waals surface area contributed by atoms with Crippen LogP contribution in [-0.2, 0) is 0 Å². The first-order valence-electron chi connectivity index (χ1n) is 18.5. The van der Waals surface area contributed by atoms with E-state index < -0.39 is 0 Å². The fourth-order valence-electron chi connectivity index (χ4n) is 9.04. The van der Waals surface area contributed by atoms with Gasteiger partial charge in [-0.05, 0) is 109 Å². The molecule has 56 heavy (non-hydrogen) atoms. The lowest BCUT2D eigenvalue weighted by Crippen LogP contribution is -1.96. The van der Waals surface area contributed by atoms with Gasteiger partial charge < -0.3 is 18.1 Å². The third-order valence-electron chi connectivity index (χ3n) is 11.5. The molecule has 0 unspecified atom stereocenters. The summed E-state index contributed by atoms with van der Waals surface area (Å²) >= 11 is 0. The molecule has 0 amide bonds. The van der Waals surface area contributed by atoms with Crippen molar-refractivity contribution in [1.82, 2.24) is 13.7 Å². The normalized spacial score (nSPS) is 11.9. The second-order valence-corrected chi connectivity index (χ2v) is 14.4. The number of aromatic nitrogens is 3. The van der Waals surface area contributed by atoms with E-state index in [1.807, 2.05) is 42.5 Å². The number of rotatable bonds is 3. The van der Waals surface area contributed by atoms with E-state index >= 15 is 0 Å². The first-order valence-corrected chi connectivity index (χ1v) is 18.5. The summed E-state index contributed by atoms with van der Waals surface area (Å²) in [4.78, 5) is 0. The minimum Gasteiger partial charge on any atom is -0.456 e. The Labute approximate surface area is 319 Å². The highest BCUT2D eigenvalue weighted by molar-refractivity contribution is 6.19. The van der Waals surface area contributed by atoms with Gasteiger partial charge in [0.1, 0.15) is 11.2 Å². The zero-order valence-electron chi connectivity index (χ0n) is 29.7. The average Bonchev–Trinajstić information content (AvgIpc) is 3.98. The fraction of sp³-hybridized carbons (Fsp3) is 0. The molecule has 0 saturated carbocycles. The van der Waals surface area contributed by atoms with Crippen LogP contribution in [0, 0.1) is 22.7 Å². The predicted octanol–water partition coefficient (Wildman–Crippen LogP) is 12.6. The number of hydrogen-bond acceptors (Lipinski definition) is 3. The molecule has 8 aromatic carbocycles. The maximum Gasteiger partial charge on any atom is 0.135 e. The molecule has 0 aliphatic rings. The van der Waals surface area contributed by atoms with Crippen LogP contribution in [0.2, 0.25) is 0 Å². The molecule has 4 heterocycles. The van der Waals surface area contributed by atoms with E-state index in [1.54, 1.807) is 0 Å². The Hall–Kier alpha value is -8.06. The van der Waals surface area contributed by atoms with Crippen LogP contribution < -0.4 is 0 Å². The highest BCUT2D eigenvalue weighted by Gasteiger charge is 2.20. The van der Waals surface area contributed by atoms with E-state index in [9.17, 15) is 10.5 Å². The highest BCUT2D eigenvalue weighted by atomic mass is 16.3. The number of fused-ring (bicyclic) bond motifs is 12. The molecular formula is C50H27N5O. The molecule has 12 rings (SSSR count). The van der Waals surface area contributed by atoms with Crippen LogP contribution >= 0.6 is 0 Å². The summed E-state index contributed by atoms with van der Waals surface area (Å²) in [5.41, 5.74) is 12.4. The lowest BCUT2D eigenvalue weighted by Gasteiger charge is -2.10. The third-order valence-corrected chi connectivity index (χ3v) is 11.5. The van der Waals surface area contributed by atoms with E-state index in [1.165, 1.54) is 27.1 Å². The van der Waals surface area contributed by atoms with Gasteiger partial charge in [0, 0.05) is 60.2 Å². The summed E-state index contributed by atoms with van der Waals surface area (Å²) in [5.74, 6) is 0. The molecule has 0 fully saturated rings. The van der Waals surface area contributed by atoms with Gasteiger partial charge in [-0.1, -0.05) is 54.6 Å². The highest BCUT2D eigenvalue weighted by Crippen LogP contribution is 2.41. The quantitative estimate of drug-likeness (QED) is 0.183. The summed E-state index contributed by atoms with van der Waals surface area (Å²) in [6, 6.07) is 61.5. The Bertz CT molecular complexity index is 3660. The van der Waals surface area contributed by atoms with E-state index in [4.69, 9.17) is 4.42 Å². The van der Waals surface area contributed by atoms with Gasteiger partial charge in [0.25, 0.3) is 0 Å². The van der Waals surface area contributed by atoms with Crippen molar-refractivity contribution < 1.29 is 4.42 Å². The molecule has 0 atom stereocenters. The lowest BCUT2D eigenvalue weighted by atomic mass is 10.1. The summed E-state index contributed by atoms with van der Waals surface area (Å²) in [6.45, 7) is 0. The molecule has 6 nitrogen and oxygen atoms in total. The lowest BCUT2D eigenvalue weighted by molar-refractivity contribution is 0.669. The van der Waals surface area contributed by atoms with Gasteiger partial charge >= 0.3 is 0 Å². The van der Waals surface area contributed by atoms with Crippen molar-refractivity contribution in [2.45, 2.75) is 0 Å². The molecule has 0 spiro atoms. The van der Waals surface area contributed by atoms with Crippen LogP contribution in [0.15, 0.2) is 168 Å². The largest absolute Gasteiger partial charge is 0.456 e. The van der Waals surface area contributed by atoms with Crippen LogP contribution in [0.4, 0.5) is 0 Å². The molecule has 0 aliphatic carbocycles. The van der Waals surface area contributed by atoms with Crippen molar-refractivity contribution in [2.75, 3.05) is 0 Å². The van der Waals surface area contributed by atoms with Crippen LogP contribution in [0.1, 0.15) is 11.1 Å². The van der Waals surface area contributed by atoms with Crippen molar-refractivity contribution in [1.29, 1.82) is 10.5 Å². The van der Waals surface area contributed by atoms with Gasteiger partial charge in [-0.2, -0.15) is 10.5 Å². The summed E-state index contributed by atoms with van der Waals surface area (Å²) in [5, 5.41) is 28.2. The molecule has 0 N–H and O–H groups in total. The number of hydrogen-bond donors (Lipinski definition) is 0. The summed E-state index contributed by atoms with van der Waals surface area (Å²) < 4.78 is 13.4. The molecule has 4 aromatic heterocycles. The molecule has 0 aliphatic heterocycles. The standard InChI is InChI=1S/C50H27N5O/c51-28-30-14-18-45-37(22-30)38-23-31(29-52)15-19-46(38)54(45)33-16-20-49-41(24-33)42-25-34(17-21-50(42)56-49)55-44-13-7-5-11-36(44)40-26-39-35-10-4-6-12-43(35)53(47(39)27-48(40)55)32-8-2-1-3-9-32/h1-27H. The molecule has 0 bridgehead atoms. The number of nitriles is 2. The van der Waals surface area contributed by atoms with Crippen molar-refractivity contribution in [3.63, 3.8) is 0 Å². The Morgan fingerprint density at radius 3 is 1.30 bits per heavy atom. The van der Waals surface area contributed by atoms with Crippen molar-refractivity contribution in [3.05, 3.63) is 175 Å². The van der Waals surface area contributed by atoms with Crippen LogP contribution in [-0.4, -0.2) is 13.7 Å². The molecular weight excluding hydrogens is 687 g/mol. The van der Waals surface area contributed by atoms with Gasteiger partial charge in [-0.3, -0.25) is 0 Å². The van der Waals surface area contributed by atoms with E-state index in [-0.39, 0.29) is 0 Å². The van der Waals surface area contributed by atoms with Crippen LogP contribution in [0.25, 0.3) is 104 Å². The van der Waals surface area contributed by atoms with Crippen molar-refractivity contribution in [2.24, 2.45) is 0 Å². The Morgan fingerprint density at radius 2 is 0.768 bits per heavy atom. The third kappa shape index (κ3) is 4.13. The number of benzene rings is 8. The maximum absolute atomic E-state index is 9.71. The number of nitrogens with zero attached hydrogens (tertiary/aromatic N) is 5. The second-order valence-electron chi connectivity index (χ2n) is 14.4. The SMILES string of the molecule is N#Cc1ccc2c(c1)c1cc(C#N)ccc1n2-c1ccc2oc3ccc(-n4c5ccccc5c5cc6c7ccccc7n(-c7ccccc7)c6cc54)cc3c2c1. The second kappa shape index (κ2) is 11.2. The zero-order valence-corrected chi connectivity index (χ0v) is 29.7. The van der Waals surface area contributed by atoms with Crippen molar-refractivity contribution >= 4 is 87.4 Å². The summed E-state index contributed by atoms with van der Waals surface area (Å²) in [6.07, 6.45) is 0. The first kappa shape index (κ1) is 30.4.